The van der Waals surface area contributed by atoms with Crippen molar-refractivity contribution in [2.24, 2.45) is 11.7 Å². The summed E-state index contributed by atoms with van der Waals surface area (Å²) in [7, 11) is 0. The summed E-state index contributed by atoms with van der Waals surface area (Å²) >= 11 is 0. The highest BCUT2D eigenvalue weighted by Crippen LogP contribution is 2.09. The maximum absolute atomic E-state index is 13.2. The standard InChI is InChI=1S/C12H16F2N2O/c1-7(2)11(15)6-16-12(17)9-5-8(13)3-4-10(9)14/h3-5,7,11H,6,15H2,1-2H3,(H,16,17). The highest BCUT2D eigenvalue weighted by Gasteiger charge is 2.14. The van der Waals surface area contributed by atoms with E-state index < -0.39 is 17.5 Å². The molecule has 0 aliphatic heterocycles. The summed E-state index contributed by atoms with van der Waals surface area (Å²) in [5, 5.41) is 2.48. The van der Waals surface area contributed by atoms with Crippen LogP contribution in [0.25, 0.3) is 0 Å². The van der Waals surface area contributed by atoms with E-state index in [0.717, 1.165) is 18.2 Å². The lowest BCUT2D eigenvalue weighted by Crippen LogP contribution is -2.40. The molecular weight excluding hydrogens is 226 g/mol. The van der Waals surface area contributed by atoms with Crippen LogP contribution in [0.4, 0.5) is 8.78 Å². The molecule has 1 aromatic carbocycles. The van der Waals surface area contributed by atoms with Crippen molar-refractivity contribution in [2.45, 2.75) is 19.9 Å². The molecule has 3 nitrogen and oxygen atoms in total. The summed E-state index contributed by atoms with van der Waals surface area (Å²) in [6.07, 6.45) is 0. The Morgan fingerprint density at radius 1 is 1.41 bits per heavy atom. The molecule has 0 spiro atoms. The van der Waals surface area contributed by atoms with Gasteiger partial charge >= 0.3 is 0 Å². The Morgan fingerprint density at radius 3 is 2.65 bits per heavy atom. The first-order chi connectivity index (χ1) is 7.91. The van der Waals surface area contributed by atoms with Crippen LogP contribution in [-0.4, -0.2) is 18.5 Å². The van der Waals surface area contributed by atoms with Gasteiger partial charge in [-0.1, -0.05) is 13.8 Å². The Morgan fingerprint density at radius 2 is 2.06 bits per heavy atom. The highest BCUT2D eigenvalue weighted by atomic mass is 19.1. The van der Waals surface area contributed by atoms with Crippen molar-refractivity contribution in [3.8, 4) is 0 Å². The van der Waals surface area contributed by atoms with E-state index in [4.69, 9.17) is 5.73 Å². The summed E-state index contributed by atoms with van der Waals surface area (Å²) in [4.78, 5) is 11.6. The molecule has 1 aromatic rings. The van der Waals surface area contributed by atoms with Crippen LogP contribution in [-0.2, 0) is 0 Å². The quantitative estimate of drug-likeness (QED) is 0.844. The number of rotatable bonds is 4. The molecule has 0 saturated heterocycles. The minimum Gasteiger partial charge on any atom is -0.350 e. The van der Waals surface area contributed by atoms with Gasteiger partial charge in [0.2, 0.25) is 0 Å². The molecule has 0 aliphatic rings. The lowest BCUT2D eigenvalue weighted by Gasteiger charge is -2.16. The molecule has 0 heterocycles. The zero-order valence-corrected chi connectivity index (χ0v) is 9.84. The normalized spacial score (nSPS) is 12.6. The SMILES string of the molecule is CC(C)C(N)CNC(=O)c1cc(F)ccc1F. The molecule has 0 radical (unpaired) electrons. The molecule has 0 aliphatic carbocycles. The number of hydrogen-bond acceptors (Lipinski definition) is 2. The lowest BCUT2D eigenvalue weighted by atomic mass is 10.1. The molecule has 1 atom stereocenters. The van der Waals surface area contributed by atoms with Gasteiger partial charge in [-0.25, -0.2) is 8.78 Å². The second-order valence-corrected chi connectivity index (χ2v) is 4.24. The van der Waals surface area contributed by atoms with Gasteiger partial charge in [0.15, 0.2) is 0 Å². The van der Waals surface area contributed by atoms with Gasteiger partial charge < -0.3 is 11.1 Å². The van der Waals surface area contributed by atoms with Crippen LogP contribution in [0.2, 0.25) is 0 Å². The molecule has 0 bridgehead atoms. The predicted molar refractivity (Wildman–Crippen MR) is 61.5 cm³/mol. The van der Waals surface area contributed by atoms with Crippen molar-refractivity contribution >= 4 is 5.91 Å². The van der Waals surface area contributed by atoms with E-state index in [1.54, 1.807) is 0 Å². The predicted octanol–water partition coefficient (Wildman–Crippen LogP) is 1.68. The molecule has 1 amide bonds. The van der Waals surface area contributed by atoms with Gasteiger partial charge in [0.1, 0.15) is 11.6 Å². The van der Waals surface area contributed by atoms with E-state index in [9.17, 15) is 13.6 Å². The number of amides is 1. The van der Waals surface area contributed by atoms with E-state index in [2.05, 4.69) is 5.32 Å². The first-order valence-electron chi connectivity index (χ1n) is 5.40. The number of carbonyl (C=O) groups excluding carboxylic acids is 1. The van der Waals surface area contributed by atoms with Gasteiger partial charge in [0.25, 0.3) is 5.91 Å². The fourth-order valence-electron chi connectivity index (χ4n) is 1.21. The van der Waals surface area contributed by atoms with E-state index >= 15 is 0 Å². The first kappa shape index (κ1) is 13.6. The molecule has 0 fully saturated rings. The summed E-state index contributed by atoms with van der Waals surface area (Å²) < 4.78 is 26.1. The highest BCUT2D eigenvalue weighted by molar-refractivity contribution is 5.94. The Kier molecular flexibility index (Phi) is 4.57. The zero-order chi connectivity index (χ0) is 13.0. The van der Waals surface area contributed by atoms with Crippen molar-refractivity contribution in [3.63, 3.8) is 0 Å². The van der Waals surface area contributed by atoms with E-state index in [1.165, 1.54) is 0 Å². The minimum absolute atomic E-state index is 0.202. The van der Waals surface area contributed by atoms with E-state index in [0.29, 0.717) is 0 Å². The van der Waals surface area contributed by atoms with Gasteiger partial charge in [0, 0.05) is 12.6 Å². The first-order valence-corrected chi connectivity index (χ1v) is 5.40. The number of hydrogen-bond donors (Lipinski definition) is 2. The lowest BCUT2D eigenvalue weighted by molar-refractivity contribution is 0.0944. The molecule has 94 valence electrons. The van der Waals surface area contributed by atoms with Crippen LogP contribution >= 0.6 is 0 Å². The van der Waals surface area contributed by atoms with Gasteiger partial charge in [-0.15, -0.1) is 0 Å². The number of halogens is 2. The Bertz CT molecular complexity index is 407. The molecule has 1 rings (SSSR count). The number of carbonyl (C=O) groups is 1. The number of nitrogens with two attached hydrogens (primary N) is 1. The van der Waals surface area contributed by atoms with Crippen molar-refractivity contribution in [3.05, 3.63) is 35.4 Å². The summed E-state index contributed by atoms with van der Waals surface area (Å²) in [6, 6.07) is 2.54. The average Bonchev–Trinajstić information content (AvgIpc) is 2.28. The van der Waals surface area contributed by atoms with Crippen LogP contribution in [0.15, 0.2) is 18.2 Å². The van der Waals surface area contributed by atoms with Crippen LogP contribution < -0.4 is 11.1 Å². The van der Waals surface area contributed by atoms with Crippen molar-refractivity contribution in [2.75, 3.05) is 6.54 Å². The van der Waals surface area contributed by atoms with Crippen molar-refractivity contribution in [1.29, 1.82) is 0 Å². The van der Waals surface area contributed by atoms with Crippen LogP contribution in [0.1, 0.15) is 24.2 Å². The van der Waals surface area contributed by atoms with E-state index in [-0.39, 0.29) is 24.1 Å². The fraction of sp³-hybridized carbons (Fsp3) is 0.417. The van der Waals surface area contributed by atoms with Gasteiger partial charge in [0.05, 0.1) is 5.56 Å². The minimum atomic E-state index is -0.748. The van der Waals surface area contributed by atoms with Crippen LogP contribution in [0.5, 0.6) is 0 Å². The molecular formula is C12H16F2N2O. The smallest absolute Gasteiger partial charge is 0.254 e. The van der Waals surface area contributed by atoms with Crippen molar-refractivity contribution in [1.82, 2.24) is 5.32 Å². The molecule has 5 heteroatoms. The van der Waals surface area contributed by atoms with Crippen LogP contribution in [0.3, 0.4) is 0 Å². The number of nitrogens with one attached hydrogen (secondary N) is 1. The Balaban J connectivity index is 2.67. The van der Waals surface area contributed by atoms with Gasteiger partial charge in [-0.05, 0) is 24.1 Å². The summed E-state index contributed by atoms with van der Waals surface area (Å²) in [5.41, 5.74) is 5.42. The number of benzene rings is 1. The third-order valence-electron chi connectivity index (χ3n) is 2.53. The fourth-order valence-corrected chi connectivity index (χ4v) is 1.21. The Labute approximate surface area is 99.0 Å². The maximum atomic E-state index is 13.2. The molecule has 0 aromatic heterocycles. The average molecular weight is 242 g/mol. The largest absolute Gasteiger partial charge is 0.350 e. The molecule has 3 N–H and O–H groups in total. The summed E-state index contributed by atoms with van der Waals surface area (Å²) in [6.45, 7) is 4.06. The second-order valence-electron chi connectivity index (χ2n) is 4.24. The van der Waals surface area contributed by atoms with Crippen molar-refractivity contribution < 1.29 is 13.6 Å². The summed E-state index contributed by atoms with van der Waals surface area (Å²) in [5.74, 6) is -1.85. The monoisotopic (exact) mass is 242 g/mol. The maximum Gasteiger partial charge on any atom is 0.254 e. The molecule has 0 saturated carbocycles. The topological polar surface area (TPSA) is 55.1 Å². The van der Waals surface area contributed by atoms with E-state index in [1.807, 2.05) is 13.8 Å². The molecule has 17 heavy (non-hydrogen) atoms. The Hall–Kier alpha value is -1.49. The third-order valence-corrected chi connectivity index (χ3v) is 2.53. The van der Waals surface area contributed by atoms with Crippen LogP contribution in [0, 0.1) is 17.6 Å². The van der Waals surface area contributed by atoms with Gasteiger partial charge in [-0.3, -0.25) is 4.79 Å². The second kappa shape index (κ2) is 5.72. The zero-order valence-electron chi connectivity index (χ0n) is 9.84. The third kappa shape index (κ3) is 3.78. The molecule has 1 unspecified atom stereocenters. The van der Waals surface area contributed by atoms with Gasteiger partial charge in [-0.2, -0.15) is 0 Å².